The number of nitrogens with one attached hydrogen (secondary N) is 1. The van der Waals surface area contributed by atoms with Crippen LogP contribution in [0, 0.1) is 0 Å². The molecule has 3 nitrogen and oxygen atoms in total. The Hall–Kier alpha value is -0.220. The normalized spacial score (nSPS) is 19.9. The van der Waals surface area contributed by atoms with Crippen LogP contribution >= 0.6 is 11.8 Å². The Morgan fingerprint density at radius 3 is 2.73 bits per heavy atom. The van der Waals surface area contributed by atoms with Crippen LogP contribution in [0.15, 0.2) is 0 Å². The van der Waals surface area contributed by atoms with Crippen molar-refractivity contribution in [3.8, 4) is 0 Å². The molecule has 1 aliphatic rings. The molecule has 1 amide bonds. The van der Waals surface area contributed by atoms with E-state index in [0.717, 1.165) is 11.7 Å². The van der Waals surface area contributed by atoms with Crippen molar-refractivity contribution in [2.24, 2.45) is 5.84 Å². The third-order valence-electron chi connectivity index (χ3n) is 2.92. The summed E-state index contributed by atoms with van der Waals surface area (Å²) in [5, 5.41) is 1.40. The number of amides is 1. The van der Waals surface area contributed by atoms with E-state index in [2.05, 4.69) is 24.1 Å². The van der Waals surface area contributed by atoms with Crippen molar-refractivity contribution in [1.82, 2.24) is 5.43 Å². The first-order valence-corrected chi connectivity index (χ1v) is 6.81. The molecule has 0 bridgehead atoms. The Morgan fingerprint density at radius 2 is 2.13 bits per heavy atom. The van der Waals surface area contributed by atoms with Crippen molar-refractivity contribution in [3.05, 3.63) is 0 Å². The van der Waals surface area contributed by atoms with Gasteiger partial charge in [-0.2, -0.15) is 11.8 Å². The van der Waals surface area contributed by atoms with E-state index in [9.17, 15) is 4.79 Å². The second kappa shape index (κ2) is 7.12. The highest BCUT2D eigenvalue weighted by molar-refractivity contribution is 8.00. The minimum Gasteiger partial charge on any atom is -0.294 e. The second-order valence-corrected chi connectivity index (χ2v) is 6.06. The first kappa shape index (κ1) is 12.8. The molecular weight excluding hydrogens is 208 g/mol. The van der Waals surface area contributed by atoms with E-state index in [1.165, 1.54) is 32.1 Å². The summed E-state index contributed by atoms with van der Waals surface area (Å²) in [6, 6.07) is 0. The van der Waals surface area contributed by atoms with Gasteiger partial charge in [-0.05, 0) is 19.3 Å². The predicted octanol–water partition coefficient (Wildman–Crippen LogP) is 2.21. The third-order valence-corrected chi connectivity index (χ3v) is 4.47. The Labute approximate surface area is 96.5 Å². The van der Waals surface area contributed by atoms with E-state index in [1.807, 2.05) is 0 Å². The minimum absolute atomic E-state index is 0.0499. The van der Waals surface area contributed by atoms with Crippen molar-refractivity contribution in [2.75, 3.05) is 0 Å². The molecule has 88 valence electrons. The summed E-state index contributed by atoms with van der Waals surface area (Å²) >= 11 is 2.05. The van der Waals surface area contributed by atoms with Gasteiger partial charge in [0.1, 0.15) is 0 Å². The van der Waals surface area contributed by atoms with Crippen molar-refractivity contribution in [1.29, 1.82) is 0 Å². The maximum Gasteiger partial charge on any atom is 0.233 e. The SMILES string of the molecule is CC(CCC(=O)NN)SC1CCCCC1. The van der Waals surface area contributed by atoms with Gasteiger partial charge >= 0.3 is 0 Å². The number of thioether (sulfide) groups is 1. The number of hydrazine groups is 1. The van der Waals surface area contributed by atoms with Crippen LogP contribution in [0.4, 0.5) is 0 Å². The number of hydrogen-bond acceptors (Lipinski definition) is 3. The van der Waals surface area contributed by atoms with E-state index in [1.54, 1.807) is 0 Å². The van der Waals surface area contributed by atoms with E-state index in [-0.39, 0.29) is 5.91 Å². The van der Waals surface area contributed by atoms with E-state index in [4.69, 9.17) is 5.84 Å². The lowest BCUT2D eigenvalue weighted by Crippen LogP contribution is -2.30. The second-order valence-electron chi connectivity index (χ2n) is 4.31. The Kier molecular flexibility index (Phi) is 6.10. The largest absolute Gasteiger partial charge is 0.294 e. The molecule has 0 aromatic rings. The quantitative estimate of drug-likeness (QED) is 0.432. The number of hydrogen-bond donors (Lipinski definition) is 2. The molecule has 0 aromatic heterocycles. The Morgan fingerprint density at radius 1 is 1.47 bits per heavy atom. The molecule has 4 heteroatoms. The fourth-order valence-corrected chi connectivity index (χ4v) is 3.52. The molecule has 0 radical (unpaired) electrons. The van der Waals surface area contributed by atoms with Gasteiger partial charge in [-0.3, -0.25) is 10.2 Å². The smallest absolute Gasteiger partial charge is 0.233 e. The molecule has 0 saturated heterocycles. The highest BCUT2D eigenvalue weighted by Crippen LogP contribution is 2.32. The molecule has 15 heavy (non-hydrogen) atoms. The van der Waals surface area contributed by atoms with E-state index in [0.29, 0.717) is 11.7 Å². The summed E-state index contributed by atoms with van der Waals surface area (Å²) in [5.41, 5.74) is 2.18. The lowest BCUT2D eigenvalue weighted by molar-refractivity contribution is -0.121. The summed E-state index contributed by atoms with van der Waals surface area (Å²) in [7, 11) is 0. The summed E-state index contributed by atoms with van der Waals surface area (Å²) in [5.74, 6) is 4.99. The van der Waals surface area contributed by atoms with Gasteiger partial charge in [0, 0.05) is 16.9 Å². The van der Waals surface area contributed by atoms with Crippen molar-refractivity contribution < 1.29 is 4.79 Å². The molecule has 1 rings (SSSR count). The van der Waals surface area contributed by atoms with Crippen molar-refractivity contribution >= 4 is 17.7 Å². The van der Waals surface area contributed by atoms with E-state index < -0.39 is 0 Å². The average Bonchev–Trinajstić information content (AvgIpc) is 2.27. The Balaban J connectivity index is 2.11. The molecule has 0 spiro atoms. The van der Waals surface area contributed by atoms with Crippen LogP contribution in [-0.2, 0) is 4.79 Å². The fourth-order valence-electron chi connectivity index (χ4n) is 2.00. The maximum atomic E-state index is 11.0. The zero-order valence-electron chi connectivity index (χ0n) is 9.50. The van der Waals surface area contributed by atoms with Crippen LogP contribution in [0.3, 0.4) is 0 Å². The van der Waals surface area contributed by atoms with Crippen molar-refractivity contribution in [2.45, 2.75) is 62.4 Å². The number of carbonyl (C=O) groups is 1. The van der Waals surface area contributed by atoms with Gasteiger partial charge in [0.25, 0.3) is 0 Å². The first-order valence-electron chi connectivity index (χ1n) is 5.87. The Bertz CT molecular complexity index is 193. The predicted molar refractivity (Wildman–Crippen MR) is 65.5 cm³/mol. The van der Waals surface area contributed by atoms with Crippen LogP contribution < -0.4 is 11.3 Å². The van der Waals surface area contributed by atoms with Gasteiger partial charge < -0.3 is 0 Å². The molecule has 1 atom stereocenters. The fraction of sp³-hybridized carbons (Fsp3) is 0.909. The van der Waals surface area contributed by atoms with Gasteiger partial charge in [-0.1, -0.05) is 26.2 Å². The molecule has 0 heterocycles. The van der Waals surface area contributed by atoms with Gasteiger partial charge in [0.05, 0.1) is 0 Å². The molecule has 1 aliphatic carbocycles. The van der Waals surface area contributed by atoms with Gasteiger partial charge in [-0.25, -0.2) is 5.84 Å². The van der Waals surface area contributed by atoms with Crippen LogP contribution in [-0.4, -0.2) is 16.4 Å². The van der Waals surface area contributed by atoms with Gasteiger partial charge in [0.15, 0.2) is 0 Å². The molecule has 3 N–H and O–H groups in total. The zero-order valence-corrected chi connectivity index (χ0v) is 10.3. The van der Waals surface area contributed by atoms with Crippen LogP contribution in [0.1, 0.15) is 51.9 Å². The molecule has 1 unspecified atom stereocenters. The number of carbonyl (C=O) groups excluding carboxylic acids is 1. The third kappa shape index (κ3) is 5.42. The van der Waals surface area contributed by atoms with Crippen LogP contribution in [0.2, 0.25) is 0 Å². The summed E-state index contributed by atoms with van der Waals surface area (Å²) < 4.78 is 0. The first-order chi connectivity index (χ1) is 7.22. The maximum absolute atomic E-state index is 11.0. The monoisotopic (exact) mass is 230 g/mol. The number of rotatable bonds is 5. The lowest BCUT2D eigenvalue weighted by atomic mass is 10.0. The molecule has 0 aromatic carbocycles. The topological polar surface area (TPSA) is 55.1 Å². The van der Waals surface area contributed by atoms with E-state index >= 15 is 0 Å². The molecule has 0 aliphatic heterocycles. The molecule has 1 fully saturated rings. The summed E-state index contributed by atoms with van der Waals surface area (Å²) in [4.78, 5) is 11.0. The number of nitrogens with two attached hydrogens (primary N) is 1. The average molecular weight is 230 g/mol. The minimum atomic E-state index is -0.0499. The summed E-state index contributed by atoms with van der Waals surface area (Å²) in [6.07, 6.45) is 8.38. The zero-order chi connectivity index (χ0) is 11.1. The van der Waals surface area contributed by atoms with Crippen LogP contribution in [0.5, 0.6) is 0 Å². The highest BCUT2D eigenvalue weighted by Gasteiger charge is 2.17. The standard InChI is InChI=1S/C11H22N2OS/c1-9(7-8-11(14)13-12)15-10-5-3-2-4-6-10/h9-10H,2-8,12H2,1H3,(H,13,14). The van der Waals surface area contributed by atoms with Gasteiger partial charge in [0.2, 0.25) is 5.91 Å². The van der Waals surface area contributed by atoms with Crippen molar-refractivity contribution in [3.63, 3.8) is 0 Å². The molecule has 1 saturated carbocycles. The molecular formula is C11H22N2OS. The lowest BCUT2D eigenvalue weighted by Gasteiger charge is -2.24. The van der Waals surface area contributed by atoms with Crippen LogP contribution in [0.25, 0.3) is 0 Å². The highest BCUT2D eigenvalue weighted by atomic mass is 32.2. The summed E-state index contributed by atoms with van der Waals surface area (Å²) in [6.45, 7) is 2.21. The van der Waals surface area contributed by atoms with Gasteiger partial charge in [-0.15, -0.1) is 0 Å².